The van der Waals surface area contributed by atoms with Crippen molar-refractivity contribution in [3.05, 3.63) is 42.3 Å². The van der Waals surface area contributed by atoms with Crippen LogP contribution in [-0.2, 0) is 0 Å². The van der Waals surface area contributed by atoms with Crippen LogP contribution in [0.4, 0.5) is 0 Å². The van der Waals surface area contributed by atoms with Gasteiger partial charge in [0.1, 0.15) is 0 Å². The number of hydrogen-bond acceptors (Lipinski definition) is 2. The zero-order valence-electron chi connectivity index (χ0n) is 11.9. The lowest BCUT2D eigenvalue weighted by Crippen LogP contribution is -2.30. The van der Waals surface area contributed by atoms with Crippen LogP contribution in [-0.4, -0.2) is 23.3 Å². The van der Waals surface area contributed by atoms with E-state index < -0.39 is 0 Å². The minimum absolute atomic E-state index is 0.136. The number of nitrogens with zero attached hydrogens (tertiary/aromatic N) is 1. The van der Waals surface area contributed by atoms with Crippen molar-refractivity contribution in [2.24, 2.45) is 0 Å². The van der Waals surface area contributed by atoms with E-state index in [4.69, 9.17) is 0 Å². The van der Waals surface area contributed by atoms with Gasteiger partial charge in [-0.2, -0.15) is 0 Å². The van der Waals surface area contributed by atoms with Gasteiger partial charge in [-0.3, -0.25) is 14.5 Å². The van der Waals surface area contributed by atoms with Crippen molar-refractivity contribution in [1.82, 2.24) is 4.90 Å². The van der Waals surface area contributed by atoms with Crippen LogP contribution in [0.1, 0.15) is 65.7 Å². The second kappa shape index (κ2) is 7.22. The lowest BCUT2D eigenvalue weighted by Gasteiger charge is -2.13. The number of hydrogen-bond donors (Lipinski definition) is 0. The molecule has 0 aromatic heterocycles. The molecule has 0 atom stereocenters. The van der Waals surface area contributed by atoms with Crippen molar-refractivity contribution < 1.29 is 9.59 Å². The SMILES string of the molecule is [CH2]CCCCCCCCN1C(=O)c2ccccc2C1=O. The van der Waals surface area contributed by atoms with E-state index >= 15 is 0 Å². The number of amides is 2. The Morgan fingerprint density at radius 3 is 1.85 bits per heavy atom. The standard InChI is InChI=1S/C17H22NO2/c1-2-3-4-5-6-7-10-13-18-16(19)14-11-8-9-12-15(14)17(18)20/h8-9,11-12H,1-7,10,13H2. The average molecular weight is 272 g/mol. The second-order valence-corrected chi connectivity index (χ2v) is 5.28. The van der Waals surface area contributed by atoms with E-state index in [1.165, 1.54) is 30.6 Å². The highest BCUT2D eigenvalue weighted by Crippen LogP contribution is 2.22. The molecular weight excluding hydrogens is 250 g/mol. The summed E-state index contributed by atoms with van der Waals surface area (Å²) in [5.41, 5.74) is 1.10. The molecule has 0 bridgehead atoms. The maximum absolute atomic E-state index is 12.1. The summed E-state index contributed by atoms with van der Waals surface area (Å²) in [4.78, 5) is 25.6. The summed E-state index contributed by atoms with van der Waals surface area (Å²) >= 11 is 0. The van der Waals surface area contributed by atoms with Crippen LogP contribution in [0, 0.1) is 6.92 Å². The van der Waals surface area contributed by atoms with Gasteiger partial charge in [-0.05, 0) is 18.6 Å². The van der Waals surface area contributed by atoms with Crippen molar-refractivity contribution >= 4 is 11.8 Å². The molecule has 3 nitrogen and oxygen atoms in total. The van der Waals surface area contributed by atoms with Gasteiger partial charge in [0, 0.05) is 6.54 Å². The summed E-state index contributed by atoms with van der Waals surface area (Å²) in [5.74, 6) is -0.273. The van der Waals surface area contributed by atoms with E-state index in [0.717, 1.165) is 19.3 Å². The highest BCUT2D eigenvalue weighted by atomic mass is 16.2. The Labute approximate surface area is 121 Å². The molecule has 0 unspecified atom stereocenters. The Morgan fingerprint density at radius 2 is 1.30 bits per heavy atom. The third-order valence-electron chi connectivity index (χ3n) is 3.76. The molecule has 2 rings (SSSR count). The van der Waals surface area contributed by atoms with Crippen LogP contribution in [0.15, 0.2) is 24.3 Å². The van der Waals surface area contributed by atoms with Crippen LogP contribution in [0.25, 0.3) is 0 Å². The fourth-order valence-electron chi connectivity index (χ4n) is 2.60. The Morgan fingerprint density at radius 1 is 0.800 bits per heavy atom. The zero-order chi connectivity index (χ0) is 14.4. The Balaban J connectivity index is 1.75. The Bertz CT molecular complexity index is 447. The van der Waals surface area contributed by atoms with Crippen LogP contribution in [0.3, 0.4) is 0 Å². The molecule has 0 aliphatic carbocycles. The van der Waals surface area contributed by atoms with Crippen molar-refractivity contribution in [2.75, 3.05) is 6.54 Å². The molecule has 1 aromatic rings. The molecule has 3 heteroatoms. The summed E-state index contributed by atoms with van der Waals surface area (Å²) in [6, 6.07) is 7.06. The van der Waals surface area contributed by atoms with E-state index in [9.17, 15) is 9.59 Å². The first-order valence-corrected chi connectivity index (χ1v) is 7.50. The monoisotopic (exact) mass is 272 g/mol. The lowest BCUT2D eigenvalue weighted by molar-refractivity contribution is 0.0651. The molecule has 0 saturated heterocycles. The maximum atomic E-state index is 12.1. The first-order chi connectivity index (χ1) is 9.75. The van der Waals surface area contributed by atoms with E-state index in [-0.39, 0.29) is 11.8 Å². The van der Waals surface area contributed by atoms with E-state index in [0.29, 0.717) is 17.7 Å². The summed E-state index contributed by atoms with van der Waals surface area (Å²) in [6.45, 7) is 4.37. The molecule has 2 amide bonds. The van der Waals surface area contributed by atoms with Crippen LogP contribution in [0.2, 0.25) is 0 Å². The first kappa shape index (κ1) is 14.8. The van der Waals surface area contributed by atoms with Gasteiger partial charge in [-0.1, -0.05) is 57.6 Å². The molecule has 20 heavy (non-hydrogen) atoms. The van der Waals surface area contributed by atoms with Crippen LogP contribution >= 0.6 is 0 Å². The van der Waals surface area contributed by atoms with Gasteiger partial charge >= 0.3 is 0 Å². The predicted octanol–water partition coefficient (Wildman–Crippen LogP) is 3.85. The Hall–Kier alpha value is -1.64. The van der Waals surface area contributed by atoms with Gasteiger partial charge in [-0.25, -0.2) is 0 Å². The number of imide groups is 1. The smallest absolute Gasteiger partial charge is 0.261 e. The van der Waals surface area contributed by atoms with Crippen LogP contribution < -0.4 is 0 Å². The quantitative estimate of drug-likeness (QED) is 0.532. The molecule has 0 spiro atoms. The van der Waals surface area contributed by atoms with E-state index in [1.807, 2.05) is 0 Å². The maximum Gasteiger partial charge on any atom is 0.261 e. The van der Waals surface area contributed by atoms with E-state index in [1.54, 1.807) is 24.3 Å². The number of benzene rings is 1. The molecule has 1 radical (unpaired) electrons. The third-order valence-corrected chi connectivity index (χ3v) is 3.76. The van der Waals surface area contributed by atoms with Crippen molar-refractivity contribution in [3.63, 3.8) is 0 Å². The van der Waals surface area contributed by atoms with Gasteiger partial charge < -0.3 is 0 Å². The molecule has 107 valence electrons. The predicted molar refractivity (Wildman–Crippen MR) is 79.5 cm³/mol. The minimum atomic E-state index is -0.136. The normalized spacial score (nSPS) is 13.9. The van der Waals surface area contributed by atoms with Crippen molar-refractivity contribution in [3.8, 4) is 0 Å². The topological polar surface area (TPSA) is 37.4 Å². The van der Waals surface area contributed by atoms with Crippen molar-refractivity contribution in [2.45, 2.75) is 44.9 Å². The molecular formula is C17H22NO2. The molecule has 1 aliphatic rings. The summed E-state index contributed by atoms with van der Waals surface area (Å²) < 4.78 is 0. The number of carbonyl (C=O) groups is 2. The molecule has 0 N–H and O–H groups in total. The van der Waals surface area contributed by atoms with Crippen molar-refractivity contribution in [1.29, 1.82) is 0 Å². The second-order valence-electron chi connectivity index (χ2n) is 5.28. The summed E-state index contributed by atoms with van der Waals surface area (Å²) in [5, 5.41) is 0. The highest BCUT2D eigenvalue weighted by Gasteiger charge is 2.34. The zero-order valence-corrected chi connectivity index (χ0v) is 11.9. The summed E-state index contributed by atoms with van der Waals surface area (Å²) in [6.07, 6.45) is 7.80. The fraction of sp³-hybridized carbons (Fsp3) is 0.471. The Kier molecular flexibility index (Phi) is 5.33. The highest BCUT2D eigenvalue weighted by molar-refractivity contribution is 6.21. The van der Waals surface area contributed by atoms with Gasteiger partial charge in [0.05, 0.1) is 11.1 Å². The first-order valence-electron chi connectivity index (χ1n) is 7.50. The number of rotatable bonds is 8. The number of carbonyl (C=O) groups excluding carboxylic acids is 2. The minimum Gasteiger partial charge on any atom is -0.274 e. The third kappa shape index (κ3) is 3.27. The molecule has 1 aromatic carbocycles. The van der Waals surface area contributed by atoms with Crippen LogP contribution in [0.5, 0.6) is 0 Å². The largest absolute Gasteiger partial charge is 0.274 e. The van der Waals surface area contributed by atoms with Gasteiger partial charge in [0.25, 0.3) is 11.8 Å². The van der Waals surface area contributed by atoms with Gasteiger partial charge in [-0.15, -0.1) is 0 Å². The molecule has 0 fully saturated rings. The molecule has 1 heterocycles. The number of fused-ring (bicyclic) bond motifs is 1. The lowest BCUT2D eigenvalue weighted by atomic mass is 10.1. The fourth-order valence-corrected chi connectivity index (χ4v) is 2.60. The molecule has 1 aliphatic heterocycles. The van der Waals surface area contributed by atoms with Gasteiger partial charge in [0.15, 0.2) is 0 Å². The average Bonchev–Trinajstić information content (AvgIpc) is 2.71. The van der Waals surface area contributed by atoms with Gasteiger partial charge in [0.2, 0.25) is 0 Å². The molecule has 0 saturated carbocycles. The van der Waals surface area contributed by atoms with E-state index in [2.05, 4.69) is 6.92 Å². The number of unbranched alkanes of at least 4 members (excludes halogenated alkanes) is 6. The summed E-state index contributed by atoms with van der Waals surface area (Å²) in [7, 11) is 0.